The van der Waals surface area contributed by atoms with Gasteiger partial charge in [0.15, 0.2) is 0 Å². The van der Waals surface area contributed by atoms with Gasteiger partial charge in [-0.2, -0.15) is 12.6 Å². The molecule has 0 aliphatic heterocycles. The van der Waals surface area contributed by atoms with Gasteiger partial charge in [-0.15, -0.1) is 0 Å². The van der Waals surface area contributed by atoms with E-state index < -0.39 is 11.9 Å². The van der Waals surface area contributed by atoms with Crippen LogP contribution < -0.4 is 5.73 Å². The number of pyridine rings is 1. The Kier molecular flexibility index (Phi) is 5.87. The van der Waals surface area contributed by atoms with E-state index in [4.69, 9.17) is 5.73 Å². The number of nitrogens with zero attached hydrogens (tertiary/aromatic N) is 1. The van der Waals surface area contributed by atoms with E-state index in [-0.39, 0.29) is 11.0 Å². The van der Waals surface area contributed by atoms with Gasteiger partial charge in [-0.25, -0.2) is 4.98 Å². The lowest BCUT2D eigenvalue weighted by Gasteiger charge is -2.19. The number of carboxylic acid groups (broad SMARTS) is 1. The smallest absolute Gasteiger partial charge is 0.307 e. The molecule has 0 aliphatic carbocycles. The molecule has 0 amide bonds. The van der Waals surface area contributed by atoms with Crippen molar-refractivity contribution in [3.8, 4) is 5.75 Å². The minimum atomic E-state index is -0.868. The molecule has 0 radical (unpaired) electrons. The summed E-state index contributed by atoms with van der Waals surface area (Å²) in [6.45, 7) is 0. The number of hydrogen-bond acceptors (Lipinski definition) is 5. The molecule has 1 aromatic carbocycles. The average molecular weight is 332 g/mol. The number of aliphatic carboxylic acids is 1. The number of aryl methyl sites for hydroxylation is 1. The Morgan fingerprint density at radius 2 is 1.83 bits per heavy atom. The lowest BCUT2D eigenvalue weighted by atomic mass is 9.93. The Labute approximate surface area is 140 Å². The molecule has 0 fully saturated rings. The molecule has 1 aromatic heterocycles. The zero-order valence-corrected chi connectivity index (χ0v) is 13.5. The van der Waals surface area contributed by atoms with Crippen LogP contribution in [0.2, 0.25) is 0 Å². The highest BCUT2D eigenvalue weighted by molar-refractivity contribution is 7.81. The van der Waals surface area contributed by atoms with Crippen LogP contribution in [0.1, 0.15) is 17.5 Å². The molecule has 2 rings (SSSR count). The van der Waals surface area contributed by atoms with Crippen molar-refractivity contribution >= 4 is 24.4 Å². The van der Waals surface area contributed by atoms with E-state index in [0.29, 0.717) is 25.1 Å². The van der Waals surface area contributed by atoms with Crippen molar-refractivity contribution in [1.29, 1.82) is 0 Å². The van der Waals surface area contributed by atoms with Gasteiger partial charge in [-0.3, -0.25) is 4.79 Å². The summed E-state index contributed by atoms with van der Waals surface area (Å²) in [6.07, 6.45) is 3.31. The quantitative estimate of drug-likeness (QED) is 0.584. The highest BCUT2D eigenvalue weighted by Gasteiger charge is 2.25. The Hall–Kier alpha value is -2.21. The summed E-state index contributed by atoms with van der Waals surface area (Å²) < 4.78 is 0. The highest BCUT2D eigenvalue weighted by Crippen LogP contribution is 2.22. The zero-order chi connectivity index (χ0) is 16.8. The number of thiol groups is 1. The molecule has 0 spiro atoms. The summed E-state index contributed by atoms with van der Waals surface area (Å²) in [7, 11) is 0. The number of aromatic nitrogens is 1. The van der Waals surface area contributed by atoms with Crippen LogP contribution in [0.15, 0.2) is 42.6 Å². The minimum Gasteiger partial charge on any atom is -0.508 e. The Balaban J connectivity index is 1.97. The van der Waals surface area contributed by atoms with Crippen molar-refractivity contribution in [2.24, 2.45) is 5.92 Å². The van der Waals surface area contributed by atoms with Crippen molar-refractivity contribution in [1.82, 2.24) is 4.98 Å². The Bertz CT molecular complexity index is 644. The third-order valence-electron chi connectivity index (χ3n) is 3.75. The Morgan fingerprint density at radius 1 is 1.17 bits per heavy atom. The van der Waals surface area contributed by atoms with Crippen molar-refractivity contribution in [3.63, 3.8) is 0 Å². The summed E-state index contributed by atoms with van der Waals surface area (Å²) in [5, 5.41) is 18.5. The predicted molar refractivity (Wildman–Crippen MR) is 92.7 cm³/mol. The topological polar surface area (TPSA) is 96.4 Å². The monoisotopic (exact) mass is 332 g/mol. The fourth-order valence-corrected chi connectivity index (χ4v) is 2.74. The van der Waals surface area contributed by atoms with Gasteiger partial charge in [-0.05, 0) is 48.6 Å². The molecule has 0 saturated heterocycles. The molecule has 2 aromatic rings. The third kappa shape index (κ3) is 5.17. The molecule has 5 nitrogen and oxygen atoms in total. The first-order valence-corrected chi connectivity index (χ1v) is 7.86. The van der Waals surface area contributed by atoms with Crippen LogP contribution in [-0.2, 0) is 17.6 Å². The SMILES string of the molecule is Nc1ccc(CC(C(=O)O)C(S)CCc2ccc(O)cc2)cn1. The first-order chi connectivity index (χ1) is 11.0. The number of nitrogens with two attached hydrogens (primary N) is 1. The first kappa shape index (κ1) is 17.1. The summed E-state index contributed by atoms with van der Waals surface area (Å²) >= 11 is 4.49. The van der Waals surface area contributed by atoms with E-state index in [1.807, 2.05) is 12.1 Å². The fourth-order valence-electron chi connectivity index (χ4n) is 2.38. The number of aromatic hydroxyl groups is 1. The number of carbonyl (C=O) groups is 1. The summed E-state index contributed by atoms with van der Waals surface area (Å²) in [5.41, 5.74) is 7.41. The number of phenolic OH excluding ortho intramolecular Hbond substituents is 1. The molecular weight excluding hydrogens is 312 g/mol. The number of hydrogen-bond donors (Lipinski definition) is 4. The van der Waals surface area contributed by atoms with Gasteiger partial charge in [0, 0.05) is 11.4 Å². The maximum Gasteiger partial charge on any atom is 0.307 e. The van der Waals surface area contributed by atoms with Crippen LogP contribution in [-0.4, -0.2) is 26.4 Å². The third-order valence-corrected chi connectivity index (χ3v) is 4.37. The predicted octanol–water partition coefficient (Wildman–Crippen LogP) is 2.54. The summed E-state index contributed by atoms with van der Waals surface area (Å²) in [6, 6.07) is 10.4. The fraction of sp³-hybridized carbons (Fsp3) is 0.294. The zero-order valence-electron chi connectivity index (χ0n) is 12.6. The van der Waals surface area contributed by atoms with E-state index in [2.05, 4.69) is 17.6 Å². The largest absolute Gasteiger partial charge is 0.508 e. The van der Waals surface area contributed by atoms with Crippen LogP contribution in [0.25, 0.3) is 0 Å². The molecule has 0 bridgehead atoms. The number of anilines is 1. The summed E-state index contributed by atoms with van der Waals surface area (Å²) in [4.78, 5) is 15.5. The molecule has 6 heteroatoms. The Morgan fingerprint density at radius 3 is 2.39 bits per heavy atom. The molecule has 4 N–H and O–H groups in total. The van der Waals surface area contributed by atoms with E-state index in [0.717, 1.165) is 11.1 Å². The molecule has 2 atom stereocenters. The lowest BCUT2D eigenvalue weighted by Crippen LogP contribution is -2.27. The number of carboxylic acids is 1. The molecule has 122 valence electrons. The number of phenols is 1. The number of benzene rings is 1. The van der Waals surface area contributed by atoms with Crippen LogP contribution >= 0.6 is 12.6 Å². The van der Waals surface area contributed by atoms with E-state index in [9.17, 15) is 15.0 Å². The second-order valence-corrected chi connectivity index (χ2v) is 6.18. The van der Waals surface area contributed by atoms with Crippen LogP contribution in [0.4, 0.5) is 5.82 Å². The maximum atomic E-state index is 11.5. The van der Waals surface area contributed by atoms with E-state index in [1.54, 1.807) is 30.5 Å². The van der Waals surface area contributed by atoms with E-state index in [1.165, 1.54) is 0 Å². The van der Waals surface area contributed by atoms with Crippen molar-refractivity contribution in [3.05, 3.63) is 53.7 Å². The van der Waals surface area contributed by atoms with Crippen molar-refractivity contribution in [2.45, 2.75) is 24.5 Å². The van der Waals surface area contributed by atoms with Crippen LogP contribution in [0, 0.1) is 5.92 Å². The van der Waals surface area contributed by atoms with Gasteiger partial charge in [-0.1, -0.05) is 18.2 Å². The summed E-state index contributed by atoms with van der Waals surface area (Å²) in [5.74, 6) is -0.834. The lowest BCUT2D eigenvalue weighted by molar-refractivity contribution is -0.141. The van der Waals surface area contributed by atoms with Crippen LogP contribution in [0.3, 0.4) is 0 Å². The molecular formula is C17H20N2O3S. The second kappa shape index (κ2) is 7.87. The van der Waals surface area contributed by atoms with Gasteiger partial charge < -0.3 is 15.9 Å². The van der Waals surface area contributed by atoms with Crippen molar-refractivity contribution in [2.75, 3.05) is 5.73 Å². The minimum absolute atomic E-state index is 0.218. The molecule has 0 aliphatic rings. The van der Waals surface area contributed by atoms with Gasteiger partial charge in [0.05, 0.1) is 5.92 Å². The number of nitrogen functional groups attached to an aromatic ring is 1. The van der Waals surface area contributed by atoms with Crippen molar-refractivity contribution < 1.29 is 15.0 Å². The average Bonchev–Trinajstić information content (AvgIpc) is 2.53. The van der Waals surface area contributed by atoms with Crippen LogP contribution in [0.5, 0.6) is 5.75 Å². The molecule has 0 saturated carbocycles. The van der Waals surface area contributed by atoms with Gasteiger partial charge in [0.2, 0.25) is 0 Å². The van der Waals surface area contributed by atoms with Gasteiger partial charge in [0.1, 0.15) is 11.6 Å². The second-order valence-electron chi connectivity index (χ2n) is 5.51. The highest BCUT2D eigenvalue weighted by atomic mass is 32.1. The molecule has 1 heterocycles. The maximum absolute atomic E-state index is 11.5. The normalized spacial score (nSPS) is 13.4. The van der Waals surface area contributed by atoms with Gasteiger partial charge >= 0.3 is 5.97 Å². The number of rotatable bonds is 7. The first-order valence-electron chi connectivity index (χ1n) is 7.35. The van der Waals surface area contributed by atoms with Gasteiger partial charge in [0.25, 0.3) is 0 Å². The van der Waals surface area contributed by atoms with E-state index >= 15 is 0 Å². The molecule has 23 heavy (non-hydrogen) atoms. The standard InChI is InChI=1S/C17H20N2O3S/c18-16-8-4-12(10-19-16)9-14(17(21)22)15(23)7-3-11-1-5-13(20)6-2-11/h1-2,4-6,8,10,14-15,20,23H,3,7,9H2,(H2,18,19)(H,21,22). The molecule has 2 unspecified atom stereocenters.